The smallest absolute Gasteiger partial charge is 0.378 e. The van der Waals surface area contributed by atoms with Crippen LogP contribution in [0.15, 0.2) is 42.5 Å². The van der Waals surface area contributed by atoms with Crippen molar-refractivity contribution in [2.45, 2.75) is 19.1 Å². The van der Waals surface area contributed by atoms with Gasteiger partial charge in [0.05, 0.1) is 5.56 Å². The van der Waals surface area contributed by atoms with E-state index in [4.69, 9.17) is 23.2 Å². The lowest BCUT2D eigenvalue weighted by Gasteiger charge is -2.20. The SMILES string of the molecule is CC(Nc1cc(Cl)cc(Cl)c1)c1ccccc1C(F)(F)F. The van der Waals surface area contributed by atoms with Crippen LogP contribution >= 0.6 is 23.2 Å². The Kier molecular flexibility index (Phi) is 4.69. The van der Waals surface area contributed by atoms with Gasteiger partial charge in [0, 0.05) is 21.8 Å². The molecule has 0 aliphatic carbocycles. The van der Waals surface area contributed by atoms with E-state index in [9.17, 15) is 13.2 Å². The largest absolute Gasteiger partial charge is 0.416 e. The minimum absolute atomic E-state index is 0.168. The fourth-order valence-electron chi connectivity index (χ4n) is 2.10. The fourth-order valence-corrected chi connectivity index (χ4v) is 2.62. The summed E-state index contributed by atoms with van der Waals surface area (Å²) in [6.45, 7) is 1.65. The third-order valence-corrected chi connectivity index (χ3v) is 3.41. The molecule has 0 saturated heterocycles. The Morgan fingerprint density at radius 1 is 1.00 bits per heavy atom. The first-order valence-electron chi connectivity index (χ1n) is 6.16. The molecular formula is C15H12Cl2F3N. The van der Waals surface area contributed by atoms with Gasteiger partial charge in [-0.1, -0.05) is 41.4 Å². The second-order valence-electron chi connectivity index (χ2n) is 4.61. The molecule has 0 saturated carbocycles. The standard InChI is InChI=1S/C15H12Cl2F3N/c1-9(21-12-7-10(16)6-11(17)8-12)13-4-2-3-5-14(13)15(18,19)20/h2-9,21H,1H3. The topological polar surface area (TPSA) is 12.0 Å². The summed E-state index contributed by atoms with van der Waals surface area (Å²) < 4.78 is 39.0. The van der Waals surface area contributed by atoms with Crippen molar-refractivity contribution in [3.05, 3.63) is 63.6 Å². The Hall–Kier alpha value is -1.39. The average Bonchev–Trinajstić information content (AvgIpc) is 2.36. The van der Waals surface area contributed by atoms with E-state index < -0.39 is 17.8 Å². The molecule has 0 fully saturated rings. The third-order valence-electron chi connectivity index (χ3n) is 2.98. The quantitative estimate of drug-likeness (QED) is 0.706. The van der Waals surface area contributed by atoms with Crippen molar-refractivity contribution in [3.63, 3.8) is 0 Å². The fraction of sp³-hybridized carbons (Fsp3) is 0.200. The van der Waals surface area contributed by atoms with Gasteiger partial charge in [0.2, 0.25) is 0 Å². The first-order valence-corrected chi connectivity index (χ1v) is 6.91. The van der Waals surface area contributed by atoms with E-state index in [0.717, 1.165) is 6.07 Å². The first kappa shape index (κ1) is 16.0. The Balaban J connectivity index is 2.31. The zero-order chi connectivity index (χ0) is 15.6. The summed E-state index contributed by atoms with van der Waals surface area (Å²) in [5.41, 5.74) is 0.0798. The second-order valence-corrected chi connectivity index (χ2v) is 5.48. The molecule has 1 nitrogen and oxygen atoms in total. The van der Waals surface area contributed by atoms with E-state index >= 15 is 0 Å². The lowest BCUT2D eigenvalue weighted by atomic mass is 10.0. The molecule has 0 aliphatic rings. The summed E-state index contributed by atoms with van der Waals surface area (Å²) in [6, 6.07) is 9.70. The highest BCUT2D eigenvalue weighted by atomic mass is 35.5. The lowest BCUT2D eigenvalue weighted by molar-refractivity contribution is -0.138. The van der Waals surface area contributed by atoms with Gasteiger partial charge in [-0.3, -0.25) is 0 Å². The van der Waals surface area contributed by atoms with Crippen LogP contribution in [0.3, 0.4) is 0 Å². The molecule has 6 heteroatoms. The Morgan fingerprint density at radius 2 is 1.57 bits per heavy atom. The molecule has 0 radical (unpaired) electrons. The zero-order valence-corrected chi connectivity index (χ0v) is 12.5. The van der Waals surface area contributed by atoms with Crippen molar-refractivity contribution >= 4 is 28.9 Å². The van der Waals surface area contributed by atoms with Crippen LogP contribution in [0.25, 0.3) is 0 Å². The zero-order valence-electron chi connectivity index (χ0n) is 11.0. The van der Waals surface area contributed by atoms with Gasteiger partial charge in [0.15, 0.2) is 0 Å². The monoisotopic (exact) mass is 333 g/mol. The number of alkyl halides is 3. The molecule has 0 amide bonds. The molecule has 0 spiro atoms. The minimum atomic E-state index is -4.39. The highest BCUT2D eigenvalue weighted by Crippen LogP contribution is 2.35. The molecule has 112 valence electrons. The number of anilines is 1. The molecule has 1 unspecified atom stereocenters. The number of hydrogen-bond acceptors (Lipinski definition) is 1. The normalized spacial score (nSPS) is 13.0. The summed E-state index contributed by atoms with van der Waals surface area (Å²) in [5, 5.41) is 3.82. The maximum atomic E-state index is 13.0. The number of halogens is 5. The Bertz CT molecular complexity index is 621. The van der Waals surface area contributed by atoms with Crippen molar-refractivity contribution in [1.29, 1.82) is 0 Å². The van der Waals surface area contributed by atoms with E-state index in [-0.39, 0.29) is 5.56 Å². The third kappa shape index (κ3) is 4.05. The van der Waals surface area contributed by atoms with Crippen LogP contribution in [-0.4, -0.2) is 0 Å². The second kappa shape index (κ2) is 6.16. The van der Waals surface area contributed by atoms with E-state index in [1.807, 2.05) is 0 Å². The molecule has 21 heavy (non-hydrogen) atoms. The first-order chi connectivity index (χ1) is 9.77. The maximum absolute atomic E-state index is 13.0. The molecule has 0 heterocycles. The predicted molar refractivity (Wildman–Crippen MR) is 79.9 cm³/mol. The molecule has 0 bridgehead atoms. The van der Waals surface area contributed by atoms with Gasteiger partial charge in [0.25, 0.3) is 0 Å². The minimum Gasteiger partial charge on any atom is -0.378 e. The lowest BCUT2D eigenvalue weighted by Crippen LogP contribution is -2.15. The van der Waals surface area contributed by atoms with Gasteiger partial charge >= 0.3 is 6.18 Å². The molecule has 2 rings (SSSR count). The molecule has 0 aromatic heterocycles. The highest BCUT2D eigenvalue weighted by molar-refractivity contribution is 6.35. The molecule has 1 atom stereocenters. The Morgan fingerprint density at radius 3 is 2.14 bits per heavy atom. The maximum Gasteiger partial charge on any atom is 0.416 e. The number of hydrogen-bond donors (Lipinski definition) is 1. The summed E-state index contributed by atoms with van der Waals surface area (Å²) >= 11 is 11.8. The number of rotatable bonds is 3. The van der Waals surface area contributed by atoms with Crippen molar-refractivity contribution < 1.29 is 13.2 Å². The number of nitrogens with one attached hydrogen (secondary N) is 1. The van der Waals surface area contributed by atoms with Crippen molar-refractivity contribution in [2.75, 3.05) is 5.32 Å². The van der Waals surface area contributed by atoms with Crippen LogP contribution in [0.2, 0.25) is 10.0 Å². The van der Waals surface area contributed by atoms with Gasteiger partial charge < -0.3 is 5.32 Å². The number of benzene rings is 2. The summed E-state index contributed by atoms with van der Waals surface area (Å²) in [6.07, 6.45) is -4.39. The van der Waals surface area contributed by atoms with Gasteiger partial charge in [-0.15, -0.1) is 0 Å². The molecule has 0 aliphatic heterocycles. The van der Waals surface area contributed by atoms with Crippen molar-refractivity contribution in [1.82, 2.24) is 0 Å². The Labute approximate surface area is 130 Å². The van der Waals surface area contributed by atoms with Crippen molar-refractivity contribution in [3.8, 4) is 0 Å². The van der Waals surface area contributed by atoms with Crippen molar-refractivity contribution in [2.24, 2.45) is 0 Å². The van der Waals surface area contributed by atoms with E-state index in [2.05, 4.69) is 5.32 Å². The van der Waals surface area contributed by atoms with Crippen LogP contribution in [-0.2, 0) is 6.18 Å². The highest BCUT2D eigenvalue weighted by Gasteiger charge is 2.34. The molecule has 2 aromatic carbocycles. The molecule has 2 aromatic rings. The van der Waals surface area contributed by atoms with Gasteiger partial charge in [-0.2, -0.15) is 13.2 Å². The van der Waals surface area contributed by atoms with E-state index in [1.54, 1.807) is 31.2 Å². The summed E-state index contributed by atoms with van der Waals surface area (Å²) in [7, 11) is 0. The average molecular weight is 334 g/mol. The van der Waals surface area contributed by atoms with Crippen LogP contribution in [0.5, 0.6) is 0 Å². The van der Waals surface area contributed by atoms with Gasteiger partial charge in [-0.25, -0.2) is 0 Å². The van der Waals surface area contributed by atoms with E-state index in [0.29, 0.717) is 15.7 Å². The van der Waals surface area contributed by atoms with Crippen LogP contribution in [0, 0.1) is 0 Å². The van der Waals surface area contributed by atoms with Gasteiger partial charge in [-0.05, 0) is 36.8 Å². The summed E-state index contributed by atoms with van der Waals surface area (Å²) in [5.74, 6) is 0. The van der Waals surface area contributed by atoms with Crippen LogP contribution in [0.1, 0.15) is 24.1 Å². The molecule has 1 N–H and O–H groups in total. The van der Waals surface area contributed by atoms with E-state index in [1.165, 1.54) is 12.1 Å². The predicted octanol–water partition coefficient (Wildman–Crippen LogP) is 6.19. The molecular weight excluding hydrogens is 322 g/mol. The van der Waals surface area contributed by atoms with Gasteiger partial charge in [0.1, 0.15) is 0 Å². The van der Waals surface area contributed by atoms with Crippen LogP contribution in [0.4, 0.5) is 18.9 Å². The van der Waals surface area contributed by atoms with Crippen LogP contribution < -0.4 is 5.32 Å². The summed E-state index contributed by atoms with van der Waals surface area (Å²) in [4.78, 5) is 0.